The first-order valence-electron chi connectivity index (χ1n) is 9.27. The van der Waals surface area contributed by atoms with Gasteiger partial charge in [-0.1, -0.05) is 13.8 Å². The summed E-state index contributed by atoms with van der Waals surface area (Å²) in [5.74, 6) is 4.54. The largest absolute Gasteiger partial charge is 0.497 e. The topological polar surface area (TPSA) is 35.5 Å². The Hall–Kier alpha value is -1.51. The minimum Gasteiger partial charge on any atom is -0.497 e. The zero-order chi connectivity index (χ0) is 17.1. The molecule has 130 valence electrons. The number of ketones is 1. The Morgan fingerprint density at radius 1 is 1.12 bits per heavy atom. The summed E-state index contributed by atoms with van der Waals surface area (Å²) in [5, 5.41) is 0. The van der Waals surface area contributed by atoms with E-state index in [0.29, 0.717) is 29.5 Å². The lowest BCUT2D eigenvalue weighted by molar-refractivity contribution is -0.130. The van der Waals surface area contributed by atoms with Gasteiger partial charge in [0.15, 0.2) is 0 Å². The zero-order valence-electron chi connectivity index (χ0n) is 15.2. The molecule has 1 aromatic carbocycles. The third-order valence-corrected chi connectivity index (χ3v) is 7.21. The third-order valence-electron chi connectivity index (χ3n) is 7.21. The van der Waals surface area contributed by atoms with Gasteiger partial charge in [0.25, 0.3) is 0 Å². The minimum atomic E-state index is -0.0855. The van der Waals surface area contributed by atoms with Crippen LogP contribution in [0.3, 0.4) is 0 Å². The van der Waals surface area contributed by atoms with Gasteiger partial charge < -0.3 is 9.47 Å². The van der Waals surface area contributed by atoms with Crippen LogP contribution in [-0.2, 0) is 11.2 Å². The van der Waals surface area contributed by atoms with E-state index in [4.69, 9.17) is 9.47 Å². The fourth-order valence-corrected chi connectivity index (χ4v) is 6.25. The van der Waals surface area contributed by atoms with E-state index in [1.54, 1.807) is 14.2 Å². The molecule has 3 heteroatoms. The number of benzene rings is 1. The fourth-order valence-electron chi connectivity index (χ4n) is 6.25. The smallest absolute Gasteiger partial charge is 0.139 e. The van der Waals surface area contributed by atoms with Crippen molar-refractivity contribution in [3.63, 3.8) is 0 Å². The van der Waals surface area contributed by atoms with Crippen molar-refractivity contribution in [2.24, 2.45) is 23.2 Å². The summed E-state index contributed by atoms with van der Waals surface area (Å²) in [5.41, 5.74) is 2.69. The summed E-state index contributed by atoms with van der Waals surface area (Å²) in [4.78, 5) is 12.6. The Kier molecular flexibility index (Phi) is 3.67. The van der Waals surface area contributed by atoms with Gasteiger partial charge in [-0.2, -0.15) is 0 Å². The van der Waals surface area contributed by atoms with E-state index in [0.717, 1.165) is 37.2 Å². The van der Waals surface area contributed by atoms with Crippen molar-refractivity contribution in [3.05, 3.63) is 23.3 Å². The maximum Gasteiger partial charge on any atom is 0.139 e. The number of aryl methyl sites for hydroxylation is 1. The van der Waals surface area contributed by atoms with Crippen LogP contribution >= 0.6 is 0 Å². The Morgan fingerprint density at radius 2 is 1.92 bits per heavy atom. The van der Waals surface area contributed by atoms with E-state index >= 15 is 0 Å². The summed E-state index contributed by atoms with van der Waals surface area (Å²) >= 11 is 0. The molecule has 2 saturated carbocycles. The molecule has 0 N–H and O–H groups in total. The van der Waals surface area contributed by atoms with Crippen LogP contribution in [0.5, 0.6) is 11.5 Å². The van der Waals surface area contributed by atoms with Crippen LogP contribution in [0.1, 0.15) is 56.6 Å². The first kappa shape index (κ1) is 16.0. The molecule has 24 heavy (non-hydrogen) atoms. The Labute approximate surface area is 144 Å². The molecule has 2 fully saturated rings. The predicted octanol–water partition coefficient (Wildman–Crippen LogP) is 4.38. The minimum absolute atomic E-state index is 0.0855. The highest BCUT2D eigenvalue weighted by molar-refractivity contribution is 5.87. The Bertz CT molecular complexity index is 663. The molecule has 0 aliphatic heterocycles. The van der Waals surface area contributed by atoms with Gasteiger partial charge in [-0.05, 0) is 61.0 Å². The van der Waals surface area contributed by atoms with Gasteiger partial charge in [0, 0.05) is 23.5 Å². The van der Waals surface area contributed by atoms with Gasteiger partial charge >= 0.3 is 0 Å². The number of ether oxygens (including phenoxy) is 2. The third kappa shape index (κ3) is 2.06. The molecule has 3 aliphatic carbocycles. The number of Topliss-reactive ketones (excluding diaryl/α,β-unsaturated/α-hetero) is 1. The molecular weight excluding hydrogens is 300 g/mol. The predicted molar refractivity (Wildman–Crippen MR) is 93.7 cm³/mol. The summed E-state index contributed by atoms with van der Waals surface area (Å²) in [6, 6.07) is 4.22. The van der Waals surface area contributed by atoms with E-state index < -0.39 is 0 Å². The van der Waals surface area contributed by atoms with Gasteiger partial charge in [-0.3, -0.25) is 4.79 Å². The van der Waals surface area contributed by atoms with Gasteiger partial charge in [0.1, 0.15) is 17.3 Å². The Morgan fingerprint density at radius 3 is 2.62 bits per heavy atom. The number of carbonyl (C=O) groups excluding carboxylic acids is 1. The Balaban J connectivity index is 1.81. The molecule has 0 amide bonds. The van der Waals surface area contributed by atoms with Crippen molar-refractivity contribution in [1.82, 2.24) is 0 Å². The van der Waals surface area contributed by atoms with E-state index in [1.165, 1.54) is 17.5 Å². The highest BCUT2D eigenvalue weighted by Crippen LogP contribution is 2.62. The second kappa shape index (κ2) is 5.50. The van der Waals surface area contributed by atoms with Crippen molar-refractivity contribution < 1.29 is 14.3 Å². The molecule has 0 bridgehead atoms. The quantitative estimate of drug-likeness (QED) is 0.808. The van der Waals surface area contributed by atoms with Crippen molar-refractivity contribution >= 4 is 5.78 Å². The lowest BCUT2D eigenvalue weighted by atomic mass is 9.52. The summed E-state index contributed by atoms with van der Waals surface area (Å²) in [7, 11) is 3.47. The molecule has 5 atom stereocenters. The zero-order valence-corrected chi connectivity index (χ0v) is 15.2. The molecule has 3 aliphatic rings. The van der Waals surface area contributed by atoms with Crippen LogP contribution in [0.4, 0.5) is 0 Å². The lowest BCUT2D eigenvalue weighted by Gasteiger charge is -2.51. The van der Waals surface area contributed by atoms with E-state index in [2.05, 4.69) is 19.9 Å². The van der Waals surface area contributed by atoms with Crippen molar-refractivity contribution in [2.45, 2.75) is 51.9 Å². The molecule has 4 rings (SSSR count). The van der Waals surface area contributed by atoms with Crippen molar-refractivity contribution in [3.8, 4) is 11.5 Å². The standard InChI is InChI=1S/C21H28O3/c1-12-11-21(2)16(7-8-18(21)22)15-6-5-13-9-14(23-3)10-17(24-4)20(13)19(12)15/h9-10,12,15-16,19H,5-8,11H2,1-4H3/t12-,15-,16+,19+,21+/m1/s1. The van der Waals surface area contributed by atoms with Gasteiger partial charge in [0.2, 0.25) is 0 Å². The first-order valence-corrected chi connectivity index (χ1v) is 9.27. The monoisotopic (exact) mass is 328 g/mol. The number of hydrogen-bond acceptors (Lipinski definition) is 3. The number of carbonyl (C=O) groups is 1. The van der Waals surface area contributed by atoms with Gasteiger partial charge in [-0.15, -0.1) is 0 Å². The maximum absolute atomic E-state index is 12.6. The number of rotatable bonds is 2. The summed E-state index contributed by atoms with van der Waals surface area (Å²) in [6.07, 6.45) is 5.14. The van der Waals surface area contributed by atoms with E-state index in [9.17, 15) is 4.79 Å². The second-order valence-electron chi connectivity index (χ2n) is 8.30. The molecule has 0 radical (unpaired) electrons. The average Bonchev–Trinajstić information content (AvgIpc) is 2.88. The molecule has 3 nitrogen and oxygen atoms in total. The fraction of sp³-hybridized carbons (Fsp3) is 0.667. The molecule has 1 aromatic rings. The van der Waals surface area contributed by atoms with Crippen LogP contribution < -0.4 is 9.47 Å². The van der Waals surface area contributed by atoms with Crippen molar-refractivity contribution in [1.29, 1.82) is 0 Å². The number of fused-ring (bicyclic) bond motifs is 5. The average molecular weight is 328 g/mol. The van der Waals surface area contributed by atoms with Crippen molar-refractivity contribution in [2.75, 3.05) is 14.2 Å². The van der Waals surface area contributed by atoms with Crippen LogP contribution in [0.15, 0.2) is 12.1 Å². The highest BCUT2D eigenvalue weighted by Gasteiger charge is 2.57. The van der Waals surface area contributed by atoms with Crippen LogP contribution in [0.2, 0.25) is 0 Å². The molecule has 0 aromatic heterocycles. The molecular formula is C21H28O3. The molecule has 0 heterocycles. The molecule has 0 saturated heterocycles. The van der Waals surface area contributed by atoms with Crippen LogP contribution in [-0.4, -0.2) is 20.0 Å². The molecule has 0 spiro atoms. The first-order chi connectivity index (χ1) is 11.5. The molecule has 0 unspecified atom stereocenters. The van der Waals surface area contributed by atoms with E-state index in [1.807, 2.05) is 6.07 Å². The summed E-state index contributed by atoms with van der Waals surface area (Å²) in [6.45, 7) is 4.57. The normalized spacial score (nSPS) is 37.4. The second-order valence-corrected chi connectivity index (χ2v) is 8.30. The summed E-state index contributed by atoms with van der Waals surface area (Å²) < 4.78 is 11.2. The lowest BCUT2D eigenvalue weighted by Crippen LogP contribution is -2.46. The number of methoxy groups -OCH3 is 2. The van der Waals surface area contributed by atoms with Gasteiger partial charge in [-0.25, -0.2) is 0 Å². The highest BCUT2D eigenvalue weighted by atomic mass is 16.5. The van der Waals surface area contributed by atoms with Crippen LogP contribution in [0.25, 0.3) is 0 Å². The number of hydrogen-bond donors (Lipinski definition) is 0. The SMILES string of the molecule is COc1cc2c(c(OC)c1)[C@@H]1[C@H](CC2)[C@@H]2CCC(=O)[C@@]2(C)C[C@H]1C. The maximum atomic E-state index is 12.6. The van der Waals surface area contributed by atoms with Gasteiger partial charge in [0.05, 0.1) is 14.2 Å². The van der Waals surface area contributed by atoms with E-state index in [-0.39, 0.29) is 5.41 Å². The van der Waals surface area contributed by atoms with Crippen LogP contribution in [0, 0.1) is 23.2 Å².